The molecule has 2 fully saturated rings. The second kappa shape index (κ2) is 9.84. The average Bonchev–Trinajstić information content (AvgIpc) is 3.35. The number of rotatable bonds is 5. The first kappa shape index (κ1) is 24.7. The standard InChI is InChI=1S/C27H35FN4O4/c1-17(33)29-23-21-14-18(28)11-12-22(21)31-16-27(2,26(35)30-19-8-5-3-4-6-9-19)32(25(34)24(23)31)15-20-10-7-13-36-20/h11-12,14,19-20H,3-10,13,15-16H2,1-2H3,(H,29,33)(H,30,35)/t20-,27-/m0/s1. The van der Waals surface area contributed by atoms with Crippen molar-refractivity contribution >= 4 is 34.3 Å². The molecule has 1 aromatic carbocycles. The summed E-state index contributed by atoms with van der Waals surface area (Å²) in [7, 11) is 0. The van der Waals surface area contributed by atoms with Gasteiger partial charge in [-0.15, -0.1) is 0 Å². The van der Waals surface area contributed by atoms with Gasteiger partial charge in [-0.2, -0.15) is 0 Å². The zero-order valence-electron chi connectivity index (χ0n) is 21.1. The molecular weight excluding hydrogens is 463 g/mol. The van der Waals surface area contributed by atoms with Crippen molar-refractivity contribution < 1.29 is 23.5 Å². The van der Waals surface area contributed by atoms with E-state index in [1.807, 2.05) is 6.92 Å². The summed E-state index contributed by atoms with van der Waals surface area (Å²) in [4.78, 5) is 41.7. The fraction of sp³-hybridized carbons (Fsp3) is 0.593. The molecule has 0 radical (unpaired) electrons. The maximum atomic E-state index is 14.2. The summed E-state index contributed by atoms with van der Waals surface area (Å²) in [6.07, 6.45) is 7.96. The number of carbonyl (C=O) groups excluding carboxylic acids is 3. The molecule has 0 spiro atoms. The maximum absolute atomic E-state index is 14.2. The molecule has 2 aliphatic heterocycles. The van der Waals surface area contributed by atoms with Gasteiger partial charge in [-0.3, -0.25) is 14.4 Å². The molecule has 1 aliphatic carbocycles. The molecule has 1 saturated heterocycles. The van der Waals surface area contributed by atoms with E-state index in [4.69, 9.17) is 4.74 Å². The highest BCUT2D eigenvalue weighted by molar-refractivity contribution is 6.14. The van der Waals surface area contributed by atoms with Crippen molar-refractivity contribution in [3.05, 3.63) is 29.7 Å². The topological polar surface area (TPSA) is 92.7 Å². The smallest absolute Gasteiger partial charge is 0.273 e. The van der Waals surface area contributed by atoms with Crippen LogP contribution in [0.3, 0.4) is 0 Å². The second-order valence-electron chi connectivity index (χ2n) is 10.6. The van der Waals surface area contributed by atoms with Crippen LogP contribution in [0.2, 0.25) is 0 Å². The van der Waals surface area contributed by atoms with E-state index in [9.17, 15) is 18.8 Å². The highest BCUT2D eigenvalue weighted by Crippen LogP contribution is 2.39. The van der Waals surface area contributed by atoms with Gasteiger partial charge in [0.05, 0.1) is 23.9 Å². The van der Waals surface area contributed by atoms with Gasteiger partial charge in [0.1, 0.15) is 17.1 Å². The Labute approximate surface area is 210 Å². The summed E-state index contributed by atoms with van der Waals surface area (Å²) < 4.78 is 21.9. The molecule has 0 unspecified atom stereocenters. The lowest BCUT2D eigenvalue weighted by Crippen LogP contribution is -2.66. The lowest BCUT2D eigenvalue weighted by atomic mass is 9.92. The minimum Gasteiger partial charge on any atom is -0.376 e. The van der Waals surface area contributed by atoms with Gasteiger partial charge in [0.2, 0.25) is 11.8 Å². The van der Waals surface area contributed by atoms with Crippen LogP contribution in [0.4, 0.5) is 10.1 Å². The number of anilines is 1. The van der Waals surface area contributed by atoms with E-state index in [1.54, 1.807) is 15.5 Å². The maximum Gasteiger partial charge on any atom is 0.273 e. The lowest BCUT2D eigenvalue weighted by Gasteiger charge is -2.45. The number of nitrogens with zero attached hydrogens (tertiary/aromatic N) is 2. The van der Waals surface area contributed by atoms with Crippen molar-refractivity contribution in [1.82, 2.24) is 14.8 Å². The first-order valence-corrected chi connectivity index (χ1v) is 13.1. The molecule has 2 atom stereocenters. The summed E-state index contributed by atoms with van der Waals surface area (Å²) in [6, 6.07) is 4.35. The van der Waals surface area contributed by atoms with Gasteiger partial charge in [-0.1, -0.05) is 25.7 Å². The molecule has 194 valence electrons. The van der Waals surface area contributed by atoms with Crippen LogP contribution >= 0.6 is 0 Å². The Morgan fingerprint density at radius 1 is 1.14 bits per heavy atom. The molecule has 2 aromatic rings. The molecule has 5 rings (SSSR count). The van der Waals surface area contributed by atoms with Crippen molar-refractivity contribution in [3.8, 4) is 0 Å². The van der Waals surface area contributed by atoms with Gasteiger partial charge >= 0.3 is 0 Å². The van der Waals surface area contributed by atoms with E-state index < -0.39 is 11.4 Å². The van der Waals surface area contributed by atoms with Crippen LogP contribution in [0.5, 0.6) is 0 Å². The molecule has 3 heterocycles. The number of benzene rings is 1. The van der Waals surface area contributed by atoms with Gasteiger partial charge in [0, 0.05) is 31.5 Å². The first-order chi connectivity index (χ1) is 17.3. The fourth-order valence-electron chi connectivity index (χ4n) is 6.00. The van der Waals surface area contributed by atoms with Crippen molar-refractivity contribution in [2.75, 3.05) is 18.5 Å². The highest BCUT2D eigenvalue weighted by atomic mass is 19.1. The summed E-state index contributed by atoms with van der Waals surface area (Å²) in [5.74, 6) is -1.37. The summed E-state index contributed by atoms with van der Waals surface area (Å²) >= 11 is 0. The number of carbonyl (C=O) groups is 3. The van der Waals surface area contributed by atoms with E-state index in [0.29, 0.717) is 17.5 Å². The number of fused-ring (bicyclic) bond motifs is 3. The third-order valence-corrected chi connectivity index (χ3v) is 7.93. The summed E-state index contributed by atoms with van der Waals surface area (Å²) in [5.41, 5.74) is -0.0150. The van der Waals surface area contributed by atoms with Crippen LogP contribution in [-0.4, -0.2) is 58.0 Å². The van der Waals surface area contributed by atoms with Crippen molar-refractivity contribution in [1.29, 1.82) is 0 Å². The first-order valence-electron chi connectivity index (χ1n) is 13.1. The molecule has 0 bridgehead atoms. The average molecular weight is 499 g/mol. The summed E-state index contributed by atoms with van der Waals surface area (Å²) in [6.45, 7) is 4.28. The Morgan fingerprint density at radius 2 is 1.89 bits per heavy atom. The fourth-order valence-corrected chi connectivity index (χ4v) is 6.00. The quantitative estimate of drug-likeness (QED) is 0.610. The van der Waals surface area contributed by atoms with E-state index in [0.717, 1.165) is 38.5 Å². The van der Waals surface area contributed by atoms with E-state index >= 15 is 0 Å². The van der Waals surface area contributed by atoms with Crippen LogP contribution < -0.4 is 10.6 Å². The minimum atomic E-state index is -1.17. The van der Waals surface area contributed by atoms with Crippen molar-refractivity contribution in [2.24, 2.45) is 0 Å². The van der Waals surface area contributed by atoms with Crippen molar-refractivity contribution in [2.45, 2.75) is 89.4 Å². The zero-order valence-corrected chi connectivity index (χ0v) is 21.1. The molecule has 3 aliphatic rings. The number of hydrogen-bond acceptors (Lipinski definition) is 4. The minimum absolute atomic E-state index is 0.0864. The third-order valence-electron chi connectivity index (χ3n) is 7.93. The molecule has 1 aromatic heterocycles. The SMILES string of the molecule is CC(=O)Nc1c2n(c3ccc(F)cc13)C[C@@](C)(C(=O)NC1CCCCCC1)N(C[C@@H]1CCCO1)C2=O. The number of nitrogens with one attached hydrogen (secondary N) is 2. The Kier molecular flexibility index (Phi) is 6.76. The molecule has 2 N–H and O–H groups in total. The Balaban J connectivity index is 1.59. The predicted molar refractivity (Wildman–Crippen MR) is 134 cm³/mol. The monoisotopic (exact) mass is 498 g/mol. The summed E-state index contributed by atoms with van der Waals surface area (Å²) in [5, 5.41) is 6.45. The van der Waals surface area contributed by atoms with Crippen LogP contribution in [-0.2, 0) is 20.9 Å². The van der Waals surface area contributed by atoms with Gasteiger partial charge in [-0.05, 0) is 50.8 Å². The Hall–Kier alpha value is -2.94. The molecule has 1 saturated carbocycles. The van der Waals surface area contributed by atoms with Gasteiger partial charge in [0.15, 0.2) is 0 Å². The Morgan fingerprint density at radius 3 is 2.56 bits per heavy atom. The molecule has 3 amide bonds. The normalized spacial score (nSPS) is 25.0. The third kappa shape index (κ3) is 4.49. The lowest BCUT2D eigenvalue weighted by molar-refractivity contribution is -0.134. The second-order valence-corrected chi connectivity index (χ2v) is 10.6. The number of halogens is 1. The molecule has 9 heteroatoms. The van der Waals surface area contributed by atoms with Crippen LogP contribution in [0.25, 0.3) is 10.9 Å². The van der Waals surface area contributed by atoms with Gasteiger partial charge < -0.3 is 24.8 Å². The van der Waals surface area contributed by atoms with Crippen LogP contribution in [0.1, 0.15) is 75.7 Å². The van der Waals surface area contributed by atoms with Gasteiger partial charge in [0.25, 0.3) is 5.91 Å². The molecular formula is C27H35FN4O4. The number of ether oxygens (including phenoxy) is 1. The van der Waals surface area contributed by atoms with E-state index in [1.165, 1.54) is 31.9 Å². The zero-order chi connectivity index (χ0) is 25.4. The Bertz CT molecular complexity index is 1180. The van der Waals surface area contributed by atoms with Crippen LogP contribution in [0.15, 0.2) is 18.2 Å². The van der Waals surface area contributed by atoms with E-state index in [2.05, 4.69) is 10.6 Å². The van der Waals surface area contributed by atoms with E-state index in [-0.39, 0.29) is 54.3 Å². The van der Waals surface area contributed by atoms with Crippen LogP contribution in [0, 0.1) is 5.82 Å². The van der Waals surface area contributed by atoms with Crippen molar-refractivity contribution in [3.63, 3.8) is 0 Å². The number of aromatic nitrogens is 1. The predicted octanol–water partition coefficient (Wildman–Crippen LogP) is 3.97. The number of hydrogen-bond donors (Lipinski definition) is 2. The number of amides is 3. The molecule has 36 heavy (non-hydrogen) atoms. The largest absolute Gasteiger partial charge is 0.376 e. The molecule has 8 nitrogen and oxygen atoms in total. The van der Waals surface area contributed by atoms with Gasteiger partial charge in [-0.25, -0.2) is 4.39 Å². The highest BCUT2D eigenvalue weighted by Gasteiger charge is 2.50.